The Morgan fingerprint density at radius 3 is 2.42 bits per heavy atom. The highest BCUT2D eigenvalue weighted by atomic mass is 32.2. The maximum atomic E-state index is 13.0. The Balaban J connectivity index is 1.39. The smallest absolute Gasteiger partial charge is 0.233 e. The molecule has 1 aromatic heterocycles. The van der Waals surface area contributed by atoms with Gasteiger partial charge in [-0.2, -0.15) is 0 Å². The average molecular weight is 457 g/mol. The Morgan fingerprint density at radius 1 is 0.939 bits per heavy atom. The number of nitrogens with zero attached hydrogens (tertiary/aromatic N) is 4. The van der Waals surface area contributed by atoms with Gasteiger partial charge in [-0.25, -0.2) is 0 Å². The number of ether oxygens (including phenoxy) is 1. The first-order chi connectivity index (χ1) is 16.2. The molecule has 1 aliphatic heterocycles. The van der Waals surface area contributed by atoms with Crippen LogP contribution in [0.1, 0.15) is 11.1 Å². The van der Waals surface area contributed by atoms with Gasteiger partial charge < -0.3 is 9.64 Å². The van der Waals surface area contributed by atoms with Crippen molar-refractivity contribution in [3.05, 3.63) is 90.0 Å². The molecule has 1 amide bonds. The minimum Gasteiger partial charge on any atom is -0.497 e. The standard InChI is InChI=1S/C26H24N4O2S/c1-32-23-13-11-22(12-14-23)30-25(20-8-3-2-4-9-20)27-28-26(30)33-18-24(31)29-16-15-19-7-5-6-10-21(19)17-29/h2-14H,15-18H2,1H3. The number of amides is 1. The number of rotatable bonds is 6. The third kappa shape index (κ3) is 4.50. The fraction of sp³-hybridized carbons (Fsp3) is 0.192. The van der Waals surface area contributed by atoms with Crippen molar-refractivity contribution in [2.24, 2.45) is 0 Å². The van der Waals surface area contributed by atoms with Crippen molar-refractivity contribution >= 4 is 17.7 Å². The largest absolute Gasteiger partial charge is 0.497 e. The van der Waals surface area contributed by atoms with E-state index in [4.69, 9.17) is 4.74 Å². The van der Waals surface area contributed by atoms with Gasteiger partial charge in [0.15, 0.2) is 11.0 Å². The molecular formula is C26H24N4O2S. The molecule has 7 heteroatoms. The summed E-state index contributed by atoms with van der Waals surface area (Å²) in [6.45, 7) is 1.41. The summed E-state index contributed by atoms with van der Waals surface area (Å²) in [5, 5.41) is 9.58. The number of carbonyl (C=O) groups excluding carboxylic acids is 1. The molecule has 4 aromatic rings. The lowest BCUT2D eigenvalue weighted by molar-refractivity contribution is -0.129. The van der Waals surface area contributed by atoms with Gasteiger partial charge >= 0.3 is 0 Å². The van der Waals surface area contributed by atoms with Crippen LogP contribution in [0.25, 0.3) is 17.1 Å². The molecule has 6 nitrogen and oxygen atoms in total. The molecule has 33 heavy (non-hydrogen) atoms. The van der Waals surface area contributed by atoms with Crippen molar-refractivity contribution in [1.29, 1.82) is 0 Å². The van der Waals surface area contributed by atoms with Gasteiger partial charge in [-0.15, -0.1) is 10.2 Å². The molecule has 0 spiro atoms. The van der Waals surface area contributed by atoms with Gasteiger partial charge in [-0.1, -0.05) is 66.4 Å². The quantitative estimate of drug-likeness (QED) is 0.396. The normalized spacial score (nSPS) is 12.9. The van der Waals surface area contributed by atoms with Crippen molar-refractivity contribution in [2.75, 3.05) is 19.4 Å². The molecule has 0 radical (unpaired) electrons. The second-order valence-corrected chi connectivity index (χ2v) is 8.77. The number of fused-ring (bicyclic) bond motifs is 1. The van der Waals surface area contributed by atoms with Crippen LogP contribution in [-0.2, 0) is 17.8 Å². The zero-order chi connectivity index (χ0) is 22.6. The molecule has 5 rings (SSSR count). The Labute approximate surface area is 197 Å². The number of aromatic nitrogens is 3. The summed E-state index contributed by atoms with van der Waals surface area (Å²) in [7, 11) is 1.65. The van der Waals surface area contributed by atoms with E-state index < -0.39 is 0 Å². The molecule has 0 fully saturated rings. The van der Waals surface area contributed by atoms with Gasteiger partial charge in [0.2, 0.25) is 5.91 Å². The minimum absolute atomic E-state index is 0.111. The van der Waals surface area contributed by atoms with Gasteiger partial charge in [-0.05, 0) is 41.8 Å². The topological polar surface area (TPSA) is 60.2 Å². The van der Waals surface area contributed by atoms with Crippen LogP contribution in [0.5, 0.6) is 5.75 Å². The molecule has 2 heterocycles. The van der Waals surface area contributed by atoms with E-state index in [2.05, 4.69) is 28.4 Å². The van der Waals surface area contributed by atoms with Gasteiger partial charge in [0, 0.05) is 24.3 Å². The minimum atomic E-state index is 0.111. The number of benzene rings is 3. The predicted octanol–water partition coefficient (Wildman–Crippen LogP) is 4.62. The Morgan fingerprint density at radius 2 is 1.67 bits per heavy atom. The van der Waals surface area contributed by atoms with E-state index in [1.807, 2.05) is 70.1 Å². The molecule has 166 valence electrons. The molecule has 0 N–H and O–H groups in total. The van der Waals surface area contributed by atoms with Gasteiger partial charge in [0.1, 0.15) is 5.75 Å². The summed E-state index contributed by atoms with van der Waals surface area (Å²) in [5.74, 6) is 1.94. The highest BCUT2D eigenvalue weighted by Crippen LogP contribution is 2.29. The summed E-state index contributed by atoms with van der Waals surface area (Å²) in [5.41, 5.74) is 4.45. The van der Waals surface area contributed by atoms with Crippen LogP contribution < -0.4 is 4.74 Å². The highest BCUT2D eigenvalue weighted by Gasteiger charge is 2.22. The van der Waals surface area contributed by atoms with Crippen LogP contribution in [0.2, 0.25) is 0 Å². The average Bonchev–Trinajstić information content (AvgIpc) is 3.31. The molecule has 0 bridgehead atoms. The Kier molecular flexibility index (Phi) is 6.13. The molecule has 0 saturated carbocycles. The molecule has 0 aliphatic carbocycles. The first-order valence-corrected chi connectivity index (χ1v) is 11.8. The van der Waals surface area contributed by atoms with E-state index in [0.29, 0.717) is 17.5 Å². The number of thioether (sulfide) groups is 1. The second-order valence-electron chi connectivity index (χ2n) is 7.83. The third-order valence-electron chi connectivity index (χ3n) is 5.80. The number of carbonyl (C=O) groups is 1. The first kappa shape index (κ1) is 21.3. The monoisotopic (exact) mass is 456 g/mol. The number of hydrogen-bond donors (Lipinski definition) is 0. The summed E-state index contributed by atoms with van der Waals surface area (Å²) in [4.78, 5) is 15.0. The molecule has 0 unspecified atom stereocenters. The van der Waals surface area contributed by atoms with E-state index in [0.717, 1.165) is 35.8 Å². The van der Waals surface area contributed by atoms with Crippen LogP contribution in [-0.4, -0.2) is 45.0 Å². The van der Waals surface area contributed by atoms with Crippen molar-refractivity contribution in [1.82, 2.24) is 19.7 Å². The van der Waals surface area contributed by atoms with Crippen LogP contribution in [0.4, 0.5) is 0 Å². The van der Waals surface area contributed by atoms with Gasteiger partial charge in [-0.3, -0.25) is 9.36 Å². The van der Waals surface area contributed by atoms with Crippen LogP contribution in [0.3, 0.4) is 0 Å². The maximum absolute atomic E-state index is 13.0. The Hall–Kier alpha value is -3.58. The summed E-state index contributed by atoms with van der Waals surface area (Å²) in [6, 6.07) is 26.1. The van der Waals surface area contributed by atoms with E-state index >= 15 is 0 Å². The first-order valence-electron chi connectivity index (χ1n) is 10.9. The van der Waals surface area contributed by atoms with Crippen LogP contribution in [0, 0.1) is 0 Å². The van der Waals surface area contributed by atoms with E-state index in [9.17, 15) is 4.79 Å². The highest BCUT2D eigenvalue weighted by molar-refractivity contribution is 7.99. The zero-order valence-corrected chi connectivity index (χ0v) is 19.2. The van der Waals surface area contributed by atoms with Gasteiger partial charge in [0.25, 0.3) is 0 Å². The maximum Gasteiger partial charge on any atom is 0.233 e. The molecule has 3 aromatic carbocycles. The lowest BCUT2D eigenvalue weighted by Gasteiger charge is -2.28. The Bertz CT molecular complexity index is 1260. The summed E-state index contributed by atoms with van der Waals surface area (Å²) < 4.78 is 7.31. The summed E-state index contributed by atoms with van der Waals surface area (Å²) >= 11 is 1.42. The molecule has 1 aliphatic rings. The third-order valence-corrected chi connectivity index (χ3v) is 6.72. The van der Waals surface area contributed by atoms with E-state index in [-0.39, 0.29) is 5.91 Å². The van der Waals surface area contributed by atoms with Crippen molar-refractivity contribution in [2.45, 2.75) is 18.1 Å². The van der Waals surface area contributed by atoms with Gasteiger partial charge in [0.05, 0.1) is 12.9 Å². The SMILES string of the molecule is COc1ccc(-n2c(SCC(=O)N3CCc4ccccc4C3)nnc2-c2ccccc2)cc1. The van der Waals surface area contributed by atoms with Crippen molar-refractivity contribution < 1.29 is 9.53 Å². The molecular weight excluding hydrogens is 432 g/mol. The lowest BCUT2D eigenvalue weighted by Crippen LogP contribution is -2.37. The number of hydrogen-bond acceptors (Lipinski definition) is 5. The second kappa shape index (κ2) is 9.50. The number of methoxy groups -OCH3 is 1. The predicted molar refractivity (Wildman–Crippen MR) is 130 cm³/mol. The zero-order valence-electron chi connectivity index (χ0n) is 18.3. The fourth-order valence-electron chi connectivity index (χ4n) is 4.03. The molecule has 0 atom stereocenters. The van der Waals surface area contributed by atoms with E-state index in [1.54, 1.807) is 7.11 Å². The van der Waals surface area contributed by atoms with Crippen molar-refractivity contribution in [3.63, 3.8) is 0 Å². The molecule has 0 saturated heterocycles. The fourth-order valence-corrected chi connectivity index (χ4v) is 4.88. The van der Waals surface area contributed by atoms with Crippen LogP contribution in [0.15, 0.2) is 84.0 Å². The summed E-state index contributed by atoms with van der Waals surface area (Å²) in [6.07, 6.45) is 0.896. The van der Waals surface area contributed by atoms with Crippen molar-refractivity contribution in [3.8, 4) is 22.8 Å². The van der Waals surface area contributed by atoms with E-state index in [1.165, 1.54) is 22.9 Å². The van der Waals surface area contributed by atoms with Crippen LogP contribution >= 0.6 is 11.8 Å². The lowest BCUT2D eigenvalue weighted by atomic mass is 10.00.